The van der Waals surface area contributed by atoms with E-state index >= 15 is 0 Å². The molecule has 0 N–H and O–H groups in total. The van der Waals surface area contributed by atoms with Gasteiger partial charge in [-0.2, -0.15) is 0 Å². The Morgan fingerprint density at radius 3 is 1.87 bits per heavy atom. The Morgan fingerprint density at radius 1 is 0.472 bits per heavy atom. The Morgan fingerprint density at radius 2 is 1.08 bits per heavy atom. The van der Waals surface area contributed by atoms with Crippen molar-refractivity contribution < 1.29 is 4.42 Å². The molecule has 5 heteroatoms. The Balaban J connectivity index is 1.17. The molecule has 5 nitrogen and oxygen atoms in total. The largest absolute Gasteiger partial charge is 0.456 e. The topological polar surface area (TPSA) is 56.7 Å². The molecule has 0 unspecified atom stereocenters. The molecule has 250 valence electrons. The van der Waals surface area contributed by atoms with Crippen molar-refractivity contribution in [3.63, 3.8) is 0 Å². The van der Waals surface area contributed by atoms with Gasteiger partial charge in [0.1, 0.15) is 11.2 Å². The summed E-state index contributed by atoms with van der Waals surface area (Å²) in [6, 6.07) is 55.2. The van der Waals surface area contributed by atoms with Crippen LogP contribution in [-0.2, 0) is 5.41 Å². The second-order valence-electron chi connectivity index (χ2n) is 14.4. The molecule has 0 spiro atoms. The van der Waals surface area contributed by atoms with Gasteiger partial charge < -0.3 is 8.98 Å². The number of hydrogen-bond acceptors (Lipinski definition) is 4. The first kappa shape index (κ1) is 29.8. The van der Waals surface area contributed by atoms with Crippen LogP contribution in [0.3, 0.4) is 0 Å². The summed E-state index contributed by atoms with van der Waals surface area (Å²) < 4.78 is 8.88. The molecule has 53 heavy (non-hydrogen) atoms. The van der Waals surface area contributed by atoms with E-state index in [2.05, 4.69) is 146 Å². The zero-order chi connectivity index (χ0) is 35.3. The van der Waals surface area contributed by atoms with E-state index in [0.717, 1.165) is 55.3 Å². The third-order valence-electron chi connectivity index (χ3n) is 11.1. The van der Waals surface area contributed by atoms with Crippen LogP contribution in [0.1, 0.15) is 25.0 Å². The zero-order valence-electron chi connectivity index (χ0n) is 29.2. The predicted octanol–water partition coefficient (Wildman–Crippen LogP) is 12.2. The lowest BCUT2D eigenvalue weighted by molar-refractivity contribution is 0.660. The minimum Gasteiger partial charge on any atom is -0.456 e. The van der Waals surface area contributed by atoms with Crippen molar-refractivity contribution in [1.29, 1.82) is 0 Å². The molecule has 0 amide bonds. The van der Waals surface area contributed by atoms with E-state index in [1.165, 1.54) is 33.0 Å². The summed E-state index contributed by atoms with van der Waals surface area (Å²) in [5.74, 6) is 1.88. The number of nitrogens with zero attached hydrogens (tertiary/aromatic N) is 4. The maximum absolute atomic E-state index is 6.53. The van der Waals surface area contributed by atoms with Gasteiger partial charge in [0, 0.05) is 49.3 Å². The van der Waals surface area contributed by atoms with Gasteiger partial charge in [-0.25, -0.2) is 15.0 Å². The van der Waals surface area contributed by atoms with Gasteiger partial charge in [0.15, 0.2) is 17.5 Å². The third-order valence-corrected chi connectivity index (χ3v) is 11.1. The molecule has 0 saturated carbocycles. The summed E-state index contributed by atoms with van der Waals surface area (Å²) in [5.41, 5.74) is 12.7. The van der Waals surface area contributed by atoms with Crippen LogP contribution in [0.25, 0.3) is 94.7 Å². The summed E-state index contributed by atoms with van der Waals surface area (Å²) in [5, 5.41) is 4.44. The van der Waals surface area contributed by atoms with Gasteiger partial charge in [-0.3, -0.25) is 0 Å². The number of hydrogen-bond donors (Lipinski definition) is 0. The number of fused-ring (bicyclic) bond motifs is 9. The van der Waals surface area contributed by atoms with Crippen molar-refractivity contribution in [3.05, 3.63) is 169 Å². The molecule has 7 aromatic carbocycles. The molecule has 11 rings (SSSR count). The molecule has 0 radical (unpaired) electrons. The summed E-state index contributed by atoms with van der Waals surface area (Å²) in [4.78, 5) is 15.7. The van der Waals surface area contributed by atoms with Crippen molar-refractivity contribution in [2.24, 2.45) is 0 Å². The number of rotatable bonds is 4. The van der Waals surface area contributed by atoms with Gasteiger partial charge in [-0.15, -0.1) is 0 Å². The number of benzene rings is 7. The quantitative estimate of drug-likeness (QED) is 0.186. The first-order chi connectivity index (χ1) is 26.0. The molecule has 1 aliphatic rings. The summed E-state index contributed by atoms with van der Waals surface area (Å²) >= 11 is 0. The average Bonchev–Trinajstić information content (AvgIpc) is 3.83. The maximum atomic E-state index is 6.53. The SMILES string of the molecule is CC1(C)c2ccccc2-c2c(-c3nc(-c4ccccc4)nc(-c4cccc5oc6ccc(-n7c8ccccc8c8ccccc87)cc6c45)n3)cccc21. The molecular weight excluding hydrogens is 649 g/mol. The minimum atomic E-state index is -0.143. The summed E-state index contributed by atoms with van der Waals surface area (Å²) in [6.07, 6.45) is 0. The molecule has 0 bridgehead atoms. The standard InChI is InChI=1S/C48H32N4O/c1-48(2)37-21-9-6-18-33(37)43-34(19-12-22-38(43)48)46-49-45(29-14-4-3-5-15-29)50-47(51-46)35-20-13-25-42-44(35)36-28-30(26-27-41(36)53-42)52-39-23-10-7-16-31(39)32-17-8-11-24-40(32)52/h3-28H,1-2H3. The average molecular weight is 681 g/mol. The van der Waals surface area contributed by atoms with Gasteiger partial charge in [0.05, 0.1) is 11.0 Å². The van der Waals surface area contributed by atoms with Crippen molar-refractivity contribution in [2.45, 2.75) is 19.3 Å². The van der Waals surface area contributed by atoms with Crippen LogP contribution in [0.4, 0.5) is 0 Å². The zero-order valence-corrected chi connectivity index (χ0v) is 29.2. The molecule has 10 aromatic rings. The second-order valence-corrected chi connectivity index (χ2v) is 14.4. The Kier molecular flexibility index (Phi) is 6.23. The minimum absolute atomic E-state index is 0.143. The highest BCUT2D eigenvalue weighted by atomic mass is 16.3. The van der Waals surface area contributed by atoms with E-state index in [1.807, 2.05) is 30.3 Å². The molecule has 0 fully saturated rings. The van der Waals surface area contributed by atoms with Crippen molar-refractivity contribution in [2.75, 3.05) is 0 Å². The van der Waals surface area contributed by atoms with Crippen LogP contribution >= 0.6 is 0 Å². The molecule has 3 heterocycles. The van der Waals surface area contributed by atoms with Crippen molar-refractivity contribution in [3.8, 4) is 51.0 Å². The van der Waals surface area contributed by atoms with E-state index in [9.17, 15) is 0 Å². The molecule has 0 aliphatic heterocycles. The van der Waals surface area contributed by atoms with Gasteiger partial charge in [-0.05, 0) is 58.7 Å². The number of para-hydroxylation sites is 2. The third kappa shape index (κ3) is 4.34. The molecule has 3 aromatic heterocycles. The molecular formula is C48H32N4O. The van der Waals surface area contributed by atoms with Gasteiger partial charge in [0.25, 0.3) is 0 Å². The molecule has 1 aliphatic carbocycles. The summed E-state index contributed by atoms with van der Waals surface area (Å²) in [6.45, 7) is 4.60. The maximum Gasteiger partial charge on any atom is 0.164 e. The van der Waals surface area contributed by atoms with Crippen molar-refractivity contribution in [1.82, 2.24) is 19.5 Å². The van der Waals surface area contributed by atoms with Crippen LogP contribution in [-0.4, -0.2) is 19.5 Å². The highest BCUT2D eigenvalue weighted by Gasteiger charge is 2.37. The highest BCUT2D eigenvalue weighted by Crippen LogP contribution is 2.52. The molecule has 0 atom stereocenters. The van der Waals surface area contributed by atoms with Crippen molar-refractivity contribution >= 4 is 43.7 Å². The lowest BCUT2D eigenvalue weighted by Crippen LogP contribution is -2.14. The number of aromatic nitrogens is 4. The Hall–Kier alpha value is -6.85. The monoisotopic (exact) mass is 680 g/mol. The first-order valence-electron chi connectivity index (χ1n) is 18.0. The fraction of sp³-hybridized carbons (Fsp3) is 0.0625. The predicted molar refractivity (Wildman–Crippen MR) is 215 cm³/mol. The fourth-order valence-corrected chi connectivity index (χ4v) is 8.61. The second kappa shape index (κ2) is 11.1. The van der Waals surface area contributed by atoms with Crippen LogP contribution in [0, 0.1) is 0 Å². The van der Waals surface area contributed by atoms with E-state index in [4.69, 9.17) is 19.4 Å². The normalized spacial score (nSPS) is 13.2. The Bertz CT molecular complexity index is 3040. The van der Waals surface area contributed by atoms with E-state index in [0.29, 0.717) is 17.5 Å². The van der Waals surface area contributed by atoms with Crippen LogP contribution < -0.4 is 0 Å². The fourth-order valence-electron chi connectivity index (χ4n) is 8.61. The van der Waals surface area contributed by atoms with E-state index in [-0.39, 0.29) is 5.41 Å². The van der Waals surface area contributed by atoms with Crippen LogP contribution in [0.5, 0.6) is 0 Å². The smallest absolute Gasteiger partial charge is 0.164 e. The highest BCUT2D eigenvalue weighted by molar-refractivity contribution is 6.13. The van der Waals surface area contributed by atoms with Gasteiger partial charge in [0.2, 0.25) is 0 Å². The molecule has 0 saturated heterocycles. The lowest BCUT2D eigenvalue weighted by Gasteiger charge is -2.21. The lowest BCUT2D eigenvalue weighted by atomic mass is 9.82. The summed E-state index contributed by atoms with van der Waals surface area (Å²) in [7, 11) is 0. The van der Waals surface area contributed by atoms with Gasteiger partial charge in [-0.1, -0.05) is 135 Å². The van der Waals surface area contributed by atoms with Gasteiger partial charge >= 0.3 is 0 Å². The van der Waals surface area contributed by atoms with Crippen LogP contribution in [0.15, 0.2) is 162 Å². The van der Waals surface area contributed by atoms with Crippen LogP contribution in [0.2, 0.25) is 0 Å². The van der Waals surface area contributed by atoms with E-state index in [1.54, 1.807) is 0 Å². The van der Waals surface area contributed by atoms with E-state index < -0.39 is 0 Å². The first-order valence-corrected chi connectivity index (χ1v) is 18.0. The Labute approximate surface area is 305 Å². The number of furan rings is 1.